The first-order valence-electron chi connectivity index (χ1n) is 6.01. The minimum absolute atomic E-state index is 0.0324. The quantitative estimate of drug-likeness (QED) is 0.764. The summed E-state index contributed by atoms with van der Waals surface area (Å²) >= 11 is 0. The molecule has 1 aliphatic heterocycles. The van der Waals surface area contributed by atoms with E-state index in [-0.39, 0.29) is 31.4 Å². The number of hydrogen-bond donors (Lipinski definition) is 2. The predicted molar refractivity (Wildman–Crippen MR) is 68.6 cm³/mol. The van der Waals surface area contributed by atoms with Crippen molar-refractivity contribution in [1.82, 2.24) is 15.5 Å². The van der Waals surface area contributed by atoms with Crippen LogP contribution in [0.4, 0.5) is 4.79 Å². The van der Waals surface area contributed by atoms with Crippen molar-refractivity contribution < 1.29 is 14.4 Å². The fourth-order valence-electron chi connectivity index (χ4n) is 1.85. The molecule has 1 aromatic rings. The fourth-order valence-corrected chi connectivity index (χ4v) is 1.85. The molecular formula is C13H15N3O3. The summed E-state index contributed by atoms with van der Waals surface area (Å²) in [5.74, 6) is -0.481. The standard InChI is InChI=1S/C13H15N3O3/c1-9-3-2-4-10(7-9)12(18)14-5-6-16-11(17)8-15-13(16)19/h2-4,7H,5-6,8H2,1H3,(H,14,18)(H,15,19). The molecule has 2 N–H and O–H groups in total. The molecule has 0 spiro atoms. The number of aryl methyl sites for hydroxylation is 1. The maximum Gasteiger partial charge on any atom is 0.324 e. The largest absolute Gasteiger partial charge is 0.350 e. The molecule has 0 bridgehead atoms. The Bertz CT molecular complexity index is 512. The van der Waals surface area contributed by atoms with Gasteiger partial charge in [0.25, 0.3) is 5.91 Å². The van der Waals surface area contributed by atoms with Crippen molar-refractivity contribution in [2.75, 3.05) is 19.6 Å². The van der Waals surface area contributed by atoms with Gasteiger partial charge in [0.2, 0.25) is 5.91 Å². The van der Waals surface area contributed by atoms with Crippen LogP contribution in [0, 0.1) is 6.92 Å². The minimum Gasteiger partial charge on any atom is -0.350 e. The summed E-state index contributed by atoms with van der Waals surface area (Å²) in [4.78, 5) is 35.5. The normalized spacial score (nSPS) is 14.5. The maximum atomic E-state index is 11.8. The molecule has 0 radical (unpaired) electrons. The van der Waals surface area contributed by atoms with Crippen LogP contribution in [-0.4, -0.2) is 42.4 Å². The maximum absolute atomic E-state index is 11.8. The monoisotopic (exact) mass is 261 g/mol. The van der Waals surface area contributed by atoms with Crippen LogP contribution in [0.2, 0.25) is 0 Å². The molecule has 2 rings (SSSR count). The van der Waals surface area contributed by atoms with Gasteiger partial charge in [0.15, 0.2) is 0 Å². The second kappa shape index (κ2) is 5.51. The number of imide groups is 1. The number of carbonyl (C=O) groups is 3. The highest BCUT2D eigenvalue weighted by Gasteiger charge is 2.27. The lowest BCUT2D eigenvalue weighted by molar-refractivity contribution is -0.124. The Morgan fingerprint density at radius 2 is 2.21 bits per heavy atom. The van der Waals surface area contributed by atoms with Crippen LogP contribution in [0.3, 0.4) is 0 Å². The highest BCUT2D eigenvalue weighted by atomic mass is 16.2. The van der Waals surface area contributed by atoms with Crippen LogP contribution in [0.1, 0.15) is 15.9 Å². The molecule has 1 fully saturated rings. The second-order valence-electron chi connectivity index (χ2n) is 4.33. The summed E-state index contributed by atoms with van der Waals surface area (Å²) in [7, 11) is 0. The van der Waals surface area contributed by atoms with Crippen molar-refractivity contribution in [1.29, 1.82) is 0 Å². The van der Waals surface area contributed by atoms with Gasteiger partial charge < -0.3 is 10.6 Å². The zero-order valence-electron chi connectivity index (χ0n) is 10.6. The van der Waals surface area contributed by atoms with Crippen LogP contribution < -0.4 is 10.6 Å². The van der Waals surface area contributed by atoms with Gasteiger partial charge in [-0.3, -0.25) is 14.5 Å². The van der Waals surface area contributed by atoms with Crippen molar-refractivity contribution in [3.05, 3.63) is 35.4 Å². The van der Waals surface area contributed by atoms with Gasteiger partial charge in [-0.1, -0.05) is 17.7 Å². The van der Waals surface area contributed by atoms with Crippen LogP contribution in [0.25, 0.3) is 0 Å². The molecule has 0 aliphatic carbocycles. The topological polar surface area (TPSA) is 78.5 Å². The fraction of sp³-hybridized carbons (Fsp3) is 0.308. The number of nitrogens with zero attached hydrogens (tertiary/aromatic N) is 1. The number of amides is 4. The Kier molecular flexibility index (Phi) is 3.79. The molecule has 4 amide bonds. The van der Waals surface area contributed by atoms with Crippen LogP contribution >= 0.6 is 0 Å². The van der Waals surface area contributed by atoms with Gasteiger partial charge in [-0.05, 0) is 19.1 Å². The number of carbonyl (C=O) groups excluding carboxylic acids is 3. The molecule has 0 saturated carbocycles. The van der Waals surface area contributed by atoms with E-state index in [1.807, 2.05) is 19.1 Å². The van der Waals surface area contributed by atoms with E-state index in [2.05, 4.69) is 10.6 Å². The summed E-state index contributed by atoms with van der Waals surface area (Å²) in [6.45, 7) is 2.36. The van der Waals surface area contributed by atoms with Gasteiger partial charge in [0.1, 0.15) is 0 Å². The van der Waals surface area contributed by atoms with Crippen molar-refractivity contribution in [3.8, 4) is 0 Å². The van der Waals surface area contributed by atoms with E-state index >= 15 is 0 Å². The highest BCUT2D eigenvalue weighted by molar-refractivity contribution is 6.02. The van der Waals surface area contributed by atoms with E-state index in [1.54, 1.807) is 12.1 Å². The second-order valence-corrected chi connectivity index (χ2v) is 4.33. The van der Waals surface area contributed by atoms with E-state index in [0.29, 0.717) is 5.56 Å². The Hall–Kier alpha value is -2.37. The van der Waals surface area contributed by atoms with Gasteiger partial charge >= 0.3 is 6.03 Å². The molecule has 6 nitrogen and oxygen atoms in total. The highest BCUT2D eigenvalue weighted by Crippen LogP contribution is 2.03. The van der Waals surface area contributed by atoms with Gasteiger partial charge in [-0.25, -0.2) is 4.79 Å². The average Bonchev–Trinajstić information content (AvgIpc) is 2.70. The van der Waals surface area contributed by atoms with Crippen molar-refractivity contribution in [2.45, 2.75) is 6.92 Å². The third-order valence-corrected chi connectivity index (χ3v) is 2.84. The van der Waals surface area contributed by atoms with E-state index in [0.717, 1.165) is 10.5 Å². The number of urea groups is 1. The number of hydrogen-bond acceptors (Lipinski definition) is 3. The van der Waals surface area contributed by atoms with Crippen LogP contribution in [0.5, 0.6) is 0 Å². The van der Waals surface area contributed by atoms with E-state index in [1.165, 1.54) is 0 Å². The van der Waals surface area contributed by atoms with Gasteiger partial charge in [0.05, 0.1) is 6.54 Å². The molecule has 0 aromatic heterocycles. The first-order chi connectivity index (χ1) is 9.08. The number of rotatable bonds is 4. The van der Waals surface area contributed by atoms with Crippen LogP contribution in [-0.2, 0) is 4.79 Å². The van der Waals surface area contributed by atoms with Crippen molar-refractivity contribution in [3.63, 3.8) is 0 Å². The summed E-state index contributed by atoms with van der Waals surface area (Å²) in [5, 5.41) is 5.10. The molecule has 19 heavy (non-hydrogen) atoms. The first-order valence-corrected chi connectivity index (χ1v) is 6.01. The van der Waals surface area contributed by atoms with Gasteiger partial charge in [-0.2, -0.15) is 0 Å². The lowest BCUT2D eigenvalue weighted by Crippen LogP contribution is -2.38. The predicted octanol–water partition coefficient (Wildman–Crippen LogP) is 0.277. The Morgan fingerprint density at radius 3 is 2.84 bits per heavy atom. The molecule has 1 heterocycles. The van der Waals surface area contributed by atoms with E-state index < -0.39 is 6.03 Å². The Labute approximate surface area is 110 Å². The van der Waals surface area contributed by atoms with E-state index in [4.69, 9.17) is 0 Å². The molecule has 0 atom stereocenters. The first kappa shape index (κ1) is 13.1. The Balaban J connectivity index is 1.84. The lowest BCUT2D eigenvalue weighted by Gasteiger charge is -2.12. The van der Waals surface area contributed by atoms with Crippen molar-refractivity contribution in [2.24, 2.45) is 0 Å². The third-order valence-electron chi connectivity index (χ3n) is 2.84. The summed E-state index contributed by atoms with van der Waals surface area (Å²) in [6, 6.07) is 6.81. The van der Waals surface area contributed by atoms with Crippen LogP contribution in [0.15, 0.2) is 24.3 Å². The lowest BCUT2D eigenvalue weighted by atomic mass is 10.1. The zero-order chi connectivity index (χ0) is 13.8. The summed E-state index contributed by atoms with van der Waals surface area (Å²) in [5.41, 5.74) is 1.57. The average molecular weight is 261 g/mol. The number of nitrogens with one attached hydrogen (secondary N) is 2. The number of benzene rings is 1. The SMILES string of the molecule is Cc1cccc(C(=O)NCCN2C(=O)CNC2=O)c1. The molecule has 6 heteroatoms. The van der Waals surface area contributed by atoms with Gasteiger partial charge in [0, 0.05) is 18.7 Å². The molecule has 100 valence electrons. The summed E-state index contributed by atoms with van der Waals surface area (Å²) in [6.07, 6.45) is 0. The smallest absolute Gasteiger partial charge is 0.324 e. The Morgan fingerprint density at radius 1 is 1.42 bits per heavy atom. The van der Waals surface area contributed by atoms with E-state index in [9.17, 15) is 14.4 Å². The van der Waals surface area contributed by atoms with Crippen molar-refractivity contribution >= 4 is 17.8 Å². The molecule has 1 saturated heterocycles. The molecular weight excluding hydrogens is 246 g/mol. The molecule has 0 unspecified atom stereocenters. The van der Waals surface area contributed by atoms with Gasteiger partial charge in [-0.15, -0.1) is 0 Å². The summed E-state index contributed by atoms with van der Waals surface area (Å²) < 4.78 is 0. The zero-order valence-corrected chi connectivity index (χ0v) is 10.6. The molecule has 1 aliphatic rings. The third kappa shape index (κ3) is 3.09. The minimum atomic E-state index is -0.408. The molecule has 1 aromatic carbocycles.